The topological polar surface area (TPSA) is 48.5 Å². The van der Waals surface area contributed by atoms with Crippen molar-refractivity contribution in [3.05, 3.63) is 23.6 Å². The third-order valence-corrected chi connectivity index (χ3v) is 3.90. The molecule has 0 spiro atoms. The Morgan fingerprint density at radius 3 is 3.05 bits per heavy atom. The van der Waals surface area contributed by atoms with Gasteiger partial charge in [-0.1, -0.05) is 0 Å². The lowest BCUT2D eigenvalue weighted by Crippen LogP contribution is -2.47. The molecule has 1 saturated heterocycles. The van der Waals surface area contributed by atoms with Crippen molar-refractivity contribution in [3.8, 4) is 0 Å². The van der Waals surface area contributed by atoms with Crippen molar-refractivity contribution in [2.24, 2.45) is 0 Å². The van der Waals surface area contributed by atoms with Gasteiger partial charge in [0.25, 0.3) is 5.91 Å². The molecule has 0 saturated carbocycles. The number of carbonyl (C=O) groups excluding carboxylic acids is 1. The van der Waals surface area contributed by atoms with Crippen molar-refractivity contribution in [3.63, 3.8) is 0 Å². The molecule has 2 heterocycles. The van der Waals surface area contributed by atoms with E-state index in [2.05, 4.69) is 22.2 Å². The Morgan fingerprint density at radius 2 is 2.38 bits per heavy atom. The number of likely N-dealkylation sites (tertiary alicyclic amines) is 1. The molecule has 0 radical (unpaired) electrons. The summed E-state index contributed by atoms with van der Waals surface area (Å²) in [4.78, 5) is 20.6. The molecular weight excluding hydrogens is 271 g/mol. The first kappa shape index (κ1) is 15.7. The van der Waals surface area contributed by atoms with E-state index < -0.39 is 5.82 Å². The predicted molar refractivity (Wildman–Crippen MR) is 81.0 cm³/mol. The van der Waals surface area contributed by atoms with Crippen LogP contribution in [0.3, 0.4) is 0 Å². The van der Waals surface area contributed by atoms with Crippen molar-refractivity contribution < 1.29 is 9.18 Å². The van der Waals surface area contributed by atoms with Crippen LogP contribution in [-0.4, -0.2) is 60.5 Å². The molecule has 1 unspecified atom stereocenters. The molecule has 6 heteroatoms. The minimum atomic E-state index is -0.492. The summed E-state index contributed by atoms with van der Waals surface area (Å²) in [6, 6.07) is 1.42. The summed E-state index contributed by atoms with van der Waals surface area (Å²) in [6.07, 6.45) is 3.18. The molecule has 1 aromatic rings. The van der Waals surface area contributed by atoms with Gasteiger partial charge in [-0.3, -0.25) is 4.79 Å². The Balaban J connectivity index is 2.20. The minimum Gasteiger partial charge on any atom is -0.370 e. The molecule has 21 heavy (non-hydrogen) atoms. The highest BCUT2D eigenvalue weighted by Gasteiger charge is 2.27. The Bertz CT molecular complexity index is 508. The number of piperidine rings is 1. The Hall–Kier alpha value is -1.69. The van der Waals surface area contributed by atoms with E-state index in [0.717, 1.165) is 32.1 Å². The van der Waals surface area contributed by atoms with Gasteiger partial charge in [0.15, 0.2) is 0 Å². The summed E-state index contributed by atoms with van der Waals surface area (Å²) in [5, 5.41) is 3.02. The zero-order valence-corrected chi connectivity index (χ0v) is 12.9. The molecule has 1 amide bonds. The van der Waals surface area contributed by atoms with E-state index in [1.54, 1.807) is 11.9 Å². The third-order valence-electron chi connectivity index (χ3n) is 3.90. The number of amides is 1. The Labute approximate surface area is 125 Å². The summed E-state index contributed by atoms with van der Waals surface area (Å²) in [5.74, 6) is -0.229. The molecular formula is C15H23FN4O. The van der Waals surface area contributed by atoms with Crippen LogP contribution in [0.1, 0.15) is 30.1 Å². The minimum absolute atomic E-state index is 0.161. The summed E-state index contributed by atoms with van der Waals surface area (Å²) in [7, 11) is 3.84. The highest BCUT2D eigenvalue weighted by atomic mass is 19.1. The van der Waals surface area contributed by atoms with Crippen LogP contribution in [0.15, 0.2) is 12.3 Å². The SMILES string of the molecule is CCNc1ncc(F)cc1C(=O)N(C)C1CCCN(C)C1. The molecule has 1 aliphatic rings. The van der Waals surface area contributed by atoms with Crippen molar-refractivity contribution in [1.82, 2.24) is 14.8 Å². The van der Waals surface area contributed by atoms with Crippen LogP contribution >= 0.6 is 0 Å². The lowest BCUT2D eigenvalue weighted by molar-refractivity contribution is 0.0644. The predicted octanol–water partition coefficient (Wildman–Crippen LogP) is 1.82. The zero-order valence-electron chi connectivity index (χ0n) is 12.9. The summed E-state index contributed by atoms with van der Waals surface area (Å²) >= 11 is 0. The van der Waals surface area contributed by atoms with Crippen LogP contribution in [0.5, 0.6) is 0 Å². The van der Waals surface area contributed by atoms with Gasteiger partial charge in [-0.15, -0.1) is 0 Å². The maximum Gasteiger partial charge on any atom is 0.257 e. The fourth-order valence-electron chi connectivity index (χ4n) is 2.72. The number of rotatable bonds is 4. The van der Waals surface area contributed by atoms with Crippen LogP contribution in [-0.2, 0) is 0 Å². The first-order valence-corrected chi connectivity index (χ1v) is 7.38. The molecule has 1 aromatic heterocycles. The van der Waals surface area contributed by atoms with Crippen LogP contribution in [0.2, 0.25) is 0 Å². The lowest BCUT2D eigenvalue weighted by atomic mass is 10.0. The van der Waals surface area contributed by atoms with Gasteiger partial charge in [0, 0.05) is 26.2 Å². The highest BCUT2D eigenvalue weighted by molar-refractivity contribution is 5.98. The molecule has 0 aliphatic carbocycles. The molecule has 2 rings (SSSR count). The van der Waals surface area contributed by atoms with E-state index in [1.807, 2.05) is 6.92 Å². The normalized spacial score (nSPS) is 19.3. The molecule has 0 bridgehead atoms. The Morgan fingerprint density at radius 1 is 1.62 bits per heavy atom. The van der Waals surface area contributed by atoms with Crippen LogP contribution in [0.25, 0.3) is 0 Å². The van der Waals surface area contributed by atoms with E-state index in [-0.39, 0.29) is 11.9 Å². The molecule has 1 fully saturated rings. The van der Waals surface area contributed by atoms with Crippen molar-refractivity contribution in [2.75, 3.05) is 39.0 Å². The van der Waals surface area contributed by atoms with Crippen LogP contribution < -0.4 is 5.32 Å². The van der Waals surface area contributed by atoms with Gasteiger partial charge in [-0.05, 0) is 39.4 Å². The van der Waals surface area contributed by atoms with E-state index in [4.69, 9.17) is 0 Å². The number of nitrogens with one attached hydrogen (secondary N) is 1. The maximum atomic E-state index is 13.4. The van der Waals surface area contributed by atoms with E-state index in [9.17, 15) is 9.18 Å². The summed E-state index contributed by atoms with van der Waals surface area (Å²) in [5.41, 5.74) is 0.299. The van der Waals surface area contributed by atoms with Gasteiger partial charge >= 0.3 is 0 Å². The van der Waals surface area contributed by atoms with Gasteiger partial charge in [0.2, 0.25) is 0 Å². The molecule has 0 aromatic carbocycles. The second-order valence-corrected chi connectivity index (χ2v) is 5.55. The Kier molecular flexibility index (Phi) is 5.12. The first-order chi connectivity index (χ1) is 10.0. The second-order valence-electron chi connectivity index (χ2n) is 5.55. The number of hydrogen-bond donors (Lipinski definition) is 1. The number of hydrogen-bond acceptors (Lipinski definition) is 4. The van der Waals surface area contributed by atoms with Gasteiger partial charge in [-0.2, -0.15) is 0 Å². The van der Waals surface area contributed by atoms with Crippen LogP contribution in [0, 0.1) is 5.82 Å². The maximum absolute atomic E-state index is 13.4. The number of halogens is 1. The van der Waals surface area contributed by atoms with Crippen molar-refractivity contribution >= 4 is 11.7 Å². The largest absolute Gasteiger partial charge is 0.370 e. The molecule has 116 valence electrons. The fraction of sp³-hybridized carbons (Fsp3) is 0.600. The monoisotopic (exact) mass is 294 g/mol. The molecule has 1 N–H and O–H groups in total. The second kappa shape index (κ2) is 6.85. The molecule has 5 nitrogen and oxygen atoms in total. The van der Waals surface area contributed by atoms with Crippen molar-refractivity contribution in [2.45, 2.75) is 25.8 Å². The lowest BCUT2D eigenvalue weighted by Gasteiger charge is -2.36. The van der Waals surface area contributed by atoms with E-state index in [1.165, 1.54) is 6.07 Å². The molecule has 1 aliphatic heterocycles. The fourth-order valence-corrected chi connectivity index (χ4v) is 2.72. The van der Waals surface area contributed by atoms with Gasteiger partial charge < -0.3 is 15.1 Å². The number of nitrogens with zero attached hydrogens (tertiary/aromatic N) is 3. The summed E-state index contributed by atoms with van der Waals surface area (Å²) < 4.78 is 13.4. The van der Waals surface area contributed by atoms with E-state index >= 15 is 0 Å². The van der Waals surface area contributed by atoms with Crippen LogP contribution in [0.4, 0.5) is 10.2 Å². The average Bonchev–Trinajstić information content (AvgIpc) is 2.48. The number of anilines is 1. The van der Waals surface area contributed by atoms with Gasteiger partial charge in [-0.25, -0.2) is 9.37 Å². The zero-order chi connectivity index (χ0) is 15.4. The molecule has 1 atom stereocenters. The van der Waals surface area contributed by atoms with E-state index in [0.29, 0.717) is 17.9 Å². The quantitative estimate of drug-likeness (QED) is 0.920. The highest BCUT2D eigenvalue weighted by Crippen LogP contribution is 2.20. The average molecular weight is 294 g/mol. The number of likely N-dealkylation sites (N-methyl/N-ethyl adjacent to an activating group) is 2. The number of carbonyl (C=O) groups is 1. The first-order valence-electron chi connectivity index (χ1n) is 7.38. The van der Waals surface area contributed by atoms with Gasteiger partial charge in [0.05, 0.1) is 11.8 Å². The van der Waals surface area contributed by atoms with Gasteiger partial charge in [0.1, 0.15) is 11.6 Å². The summed E-state index contributed by atoms with van der Waals surface area (Å²) in [6.45, 7) is 4.46. The number of aromatic nitrogens is 1. The van der Waals surface area contributed by atoms with Crippen molar-refractivity contribution in [1.29, 1.82) is 0 Å². The standard InChI is InChI=1S/C15H23FN4O/c1-4-17-14-13(8-11(16)9-18-14)15(21)20(3)12-6-5-7-19(2)10-12/h8-9,12H,4-7,10H2,1-3H3,(H,17,18). The smallest absolute Gasteiger partial charge is 0.257 e. The number of pyridine rings is 1. The third kappa shape index (κ3) is 3.69.